The highest BCUT2D eigenvalue weighted by molar-refractivity contribution is 5.67. The summed E-state index contributed by atoms with van der Waals surface area (Å²) < 4.78 is 0. The standard InChI is InChI=1S/C17H12N6O.C8H14O2/c24-17-19-9-13(10-20-17)14-7-6-12(8-18-14)16-21-15(22-23-16)11-4-2-1-3-5-11;9-8(10)6-7-4-2-1-3-5-7/h1-10H,(H,19,20,24)(H,21,22,23);7H,1-6H2,(H,9,10). The molecular formula is C25H26N6O3. The fraction of sp³-hybridized carbons (Fsp3) is 0.280. The van der Waals surface area contributed by atoms with Crippen molar-refractivity contribution in [2.24, 2.45) is 5.92 Å². The summed E-state index contributed by atoms with van der Waals surface area (Å²) in [5.74, 6) is 1.13. The normalized spacial score (nSPS) is 13.6. The van der Waals surface area contributed by atoms with Gasteiger partial charge in [-0.3, -0.25) is 14.9 Å². The molecule has 3 N–H and O–H groups in total. The molecule has 0 bridgehead atoms. The number of rotatable bonds is 5. The van der Waals surface area contributed by atoms with Gasteiger partial charge in [0.1, 0.15) is 0 Å². The lowest BCUT2D eigenvalue weighted by Crippen LogP contribution is -2.10. The summed E-state index contributed by atoms with van der Waals surface area (Å²) in [6.07, 6.45) is 11.2. The van der Waals surface area contributed by atoms with Crippen molar-refractivity contribution < 1.29 is 9.90 Å². The molecule has 9 heteroatoms. The first-order valence-corrected chi connectivity index (χ1v) is 11.3. The molecule has 5 rings (SSSR count). The van der Waals surface area contributed by atoms with Crippen molar-refractivity contribution in [2.45, 2.75) is 38.5 Å². The van der Waals surface area contributed by atoms with Crippen LogP contribution >= 0.6 is 0 Å². The highest BCUT2D eigenvalue weighted by Gasteiger charge is 2.15. The summed E-state index contributed by atoms with van der Waals surface area (Å²) in [5, 5.41) is 15.6. The van der Waals surface area contributed by atoms with Crippen LogP contribution in [0.25, 0.3) is 34.0 Å². The highest BCUT2D eigenvalue weighted by Crippen LogP contribution is 2.26. The van der Waals surface area contributed by atoms with Crippen LogP contribution in [-0.2, 0) is 4.79 Å². The van der Waals surface area contributed by atoms with E-state index in [0.717, 1.165) is 29.5 Å². The molecule has 0 saturated heterocycles. The SMILES string of the molecule is O=C(O)CC1CCCCC1.O=c1ncc(-c2ccc(-c3n[nH]c(-c4ccccc4)n3)cn2)c[nH]1. The molecule has 0 amide bonds. The minimum absolute atomic E-state index is 0.385. The molecule has 9 nitrogen and oxygen atoms in total. The van der Waals surface area contributed by atoms with Gasteiger partial charge in [-0.25, -0.2) is 14.8 Å². The summed E-state index contributed by atoms with van der Waals surface area (Å²) in [7, 11) is 0. The van der Waals surface area contributed by atoms with Crippen molar-refractivity contribution in [3.63, 3.8) is 0 Å². The summed E-state index contributed by atoms with van der Waals surface area (Å²) in [5.41, 5.74) is 2.83. The van der Waals surface area contributed by atoms with E-state index < -0.39 is 5.97 Å². The molecule has 1 fully saturated rings. The van der Waals surface area contributed by atoms with Crippen LogP contribution in [0.5, 0.6) is 0 Å². The Balaban J connectivity index is 0.000000231. The molecule has 3 heterocycles. The van der Waals surface area contributed by atoms with Crippen LogP contribution in [0, 0.1) is 5.92 Å². The number of pyridine rings is 1. The minimum Gasteiger partial charge on any atom is -0.481 e. The van der Waals surface area contributed by atoms with E-state index in [0.29, 0.717) is 29.7 Å². The van der Waals surface area contributed by atoms with Gasteiger partial charge in [-0.05, 0) is 30.9 Å². The number of carbonyl (C=O) groups is 1. The molecule has 0 atom stereocenters. The third-order valence-corrected chi connectivity index (χ3v) is 5.71. The van der Waals surface area contributed by atoms with E-state index in [9.17, 15) is 9.59 Å². The second kappa shape index (κ2) is 11.1. The van der Waals surface area contributed by atoms with Crippen molar-refractivity contribution in [3.8, 4) is 34.0 Å². The van der Waals surface area contributed by atoms with Crippen LogP contribution in [0.15, 0.2) is 65.8 Å². The van der Waals surface area contributed by atoms with E-state index in [2.05, 4.69) is 30.1 Å². The third kappa shape index (κ3) is 6.22. The maximum absolute atomic E-state index is 11.0. The van der Waals surface area contributed by atoms with Gasteiger partial charge in [0, 0.05) is 41.7 Å². The molecule has 1 aliphatic carbocycles. The molecule has 4 aromatic rings. The quantitative estimate of drug-likeness (QED) is 0.405. The number of aromatic nitrogens is 6. The van der Waals surface area contributed by atoms with E-state index in [1.165, 1.54) is 25.5 Å². The average molecular weight is 459 g/mol. The molecular weight excluding hydrogens is 432 g/mol. The lowest BCUT2D eigenvalue weighted by atomic mass is 9.87. The van der Waals surface area contributed by atoms with Gasteiger partial charge in [0.05, 0.1) is 5.69 Å². The lowest BCUT2D eigenvalue weighted by Gasteiger charge is -2.18. The van der Waals surface area contributed by atoms with Crippen molar-refractivity contribution in [1.82, 2.24) is 30.1 Å². The Kier molecular flexibility index (Phi) is 7.54. The van der Waals surface area contributed by atoms with Crippen molar-refractivity contribution in [2.75, 3.05) is 0 Å². The van der Waals surface area contributed by atoms with Gasteiger partial charge in [0.25, 0.3) is 0 Å². The number of aromatic amines is 2. The van der Waals surface area contributed by atoms with Crippen LogP contribution < -0.4 is 5.69 Å². The third-order valence-electron chi connectivity index (χ3n) is 5.71. The number of nitrogens with one attached hydrogen (secondary N) is 2. The summed E-state index contributed by atoms with van der Waals surface area (Å²) in [6, 6.07) is 13.5. The lowest BCUT2D eigenvalue weighted by molar-refractivity contribution is -0.138. The maximum atomic E-state index is 11.0. The Bertz CT molecular complexity index is 1240. The monoisotopic (exact) mass is 458 g/mol. The maximum Gasteiger partial charge on any atom is 0.344 e. The number of benzene rings is 1. The first-order valence-electron chi connectivity index (χ1n) is 11.3. The van der Waals surface area contributed by atoms with E-state index >= 15 is 0 Å². The predicted molar refractivity (Wildman–Crippen MR) is 128 cm³/mol. The zero-order valence-electron chi connectivity index (χ0n) is 18.6. The van der Waals surface area contributed by atoms with Crippen LogP contribution in [0.3, 0.4) is 0 Å². The fourth-order valence-electron chi connectivity index (χ4n) is 3.93. The fourth-order valence-corrected chi connectivity index (χ4v) is 3.93. The van der Waals surface area contributed by atoms with E-state index in [1.807, 2.05) is 42.5 Å². The number of nitrogens with zero attached hydrogens (tertiary/aromatic N) is 4. The number of hydrogen-bond acceptors (Lipinski definition) is 6. The molecule has 1 aromatic carbocycles. The molecule has 1 aliphatic rings. The van der Waals surface area contributed by atoms with E-state index in [1.54, 1.807) is 12.4 Å². The number of carboxylic acids is 1. The molecule has 0 aliphatic heterocycles. The van der Waals surface area contributed by atoms with Crippen LogP contribution in [0.1, 0.15) is 38.5 Å². The van der Waals surface area contributed by atoms with Crippen molar-refractivity contribution in [3.05, 3.63) is 71.5 Å². The van der Waals surface area contributed by atoms with Gasteiger partial charge < -0.3 is 10.1 Å². The predicted octanol–water partition coefficient (Wildman–Crippen LogP) is 4.33. The topological polar surface area (TPSA) is 138 Å². The van der Waals surface area contributed by atoms with E-state index in [4.69, 9.17) is 5.11 Å². The zero-order valence-corrected chi connectivity index (χ0v) is 18.6. The molecule has 3 aromatic heterocycles. The number of H-pyrrole nitrogens is 2. The Morgan fingerprint density at radius 3 is 2.35 bits per heavy atom. The van der Waals surface area contributed by atoms with Crippen LogP contribution in [0.4, 0.5) is 0 Å². The summed E-state index contributed by atoms with van der Waals surface area (Å²) in [6.45, 7) is 0. The van der Waals surface area contributed by atoms with Crippen LogP contribution in [0.2, 0.25) is 0 Å². The smallest absolute Gasteiger partial charge is 0.344 e. The van der Waals surface area contributed by atoms with Gasteiger partial charge in [0.2, 0.25) is 0 Å². The van der Waals surface area contributed by atoms with Gasteiger partial charge >= 0.3 is 11.7 Å². The minimum atomic E-state index is -0.632. The summed E-state index contributed by atoms with van der Waals surface area (Å²) in [4.78, 5) is 36.4. The largest absolute Gasteiger partial charge is 0.481 e. The molecule has 0 unspecified atom stereocenters. The zero-order chi connectivity index (χ0) is 23.8. The first-order chi connectivity index (χ1) is 16.6. The van der Waals surface area contributed by atoms with Crippen molar-refractivity contribution >= 4 is 5.97 Å². The second-order valence-electron chi connectivity index (χ2n) is 8.22. The molecule has 0 spiro atoms. The molecule has 0 radical (unpaired) electrons. The first kappa shape index (κ1) is 23.0. The summed E-state index contributed by atoms with van der Waals surface area (Å²) >= 11 is 0. The molecule has 34 heavy (non-hydrogen) atoms. The van der Waals surface area contributed by atoms with Gasteiger partial charge in [-0.15, -0.1) is 0 Å². The highest BCUT2D eigenvalue weighted by atomic mass is 16.4. The number of hydrogen-bond donors (Lipinski definition) is 3. The van der Waals surface area contributed by atoms with Gasteiger partial charge in [-0.1, -0.05) is 49.6 Å². The van der Waals surface area contributed by atoms with Gasteiger partial charge in [-0.2, -0.15) is 5.10 Å². The van der Waals surface area contributed by atoms with Crippen molar-refractivity contribution in [1.29, 1.82) is 0 Å². The number of aliphatic carboxylic acids is 1. The second-order valence-corrected chi connectivity index (χ2v) is 8.22. The Morgan fingerprint density at radius 1 is 0.941 bits per heavy atom. The molecule has 174 valence electrons. The average Bonchev–Trinajstić information content (AvgIpc) is 3.36. The van der Waals surface area contributed by atoms with E-state index in [-0.39, 0.29) is 5.69 Å². The molecule has 1 saturated carbocycles. The van der Waals surface area contributed by atoms with Crippen LogP contribution in [-0.4, -0.2) is 41.2 Å². The Hall–Kier alpha value is -4.14. The van der Waals surface area contributed by atoms with Gasteiger partial charge in [0.15, 0.2) is 11.6 Å². The number of carboxylic acid groups (broad SMARTS) is 1. The Morgan fingerprint density at radius 2 is 1.71 bits per heavy atom. The Labute approximate surface area is 196 Å².